The number of aliphatic carboxylic acids is 1. The van der Waals surface area contributed by atoms with Crippen LogP contribution in [-0.4, -0.2) is 68.2 Å². The zero-order valence-corrected chi connectivity index (χ0v) is 13.5. The van der Waals surface area contributed by atoms with Crippen LogP contribution in [0.1, 0.15) is 10.4 Å². The maximum atomic E-state index is 11.6. The van der Waals surface area contributed by atoms with Crippen molar-refractivity contribution in [2.75, 3.05) is 0 Å². The van der Waals surface area contributed by atoms with E-state index < -0.39 is 42.6 Å². The van der Waals surface area contributed by atoms with Gasteiger partial charge in [-0.2, -0.15) is 0 Å². The van der Waals surface area contributed by atoms with Crippen molar-refractivity contribution in [2.24, 2.45) is 0 Å². The highest BCUT2D eigenvalue weighted by molar-refractivity contribution is 9.10. The summed E-state index contributed by atoms with van der Waals surface area (Å²) in [6.07, 6.45) is -8.97. The molecule has 0 radical (unpaired) electrons. The van der Waals surface area contributed by atoms with Gasteiger partial charge < -0.3 is 29.9 Å². The van der Waals surface area contributed by atoms with E-state index in [1.165, 1.54) is 23.7 Å². The number of nitrogens with one attached hydrogen (secondary N) is 1. The van der Waals surface area contributed by atoms with Crippen molar-refractivity contribution in [3.63, 3.8) is 0 Å². The quantitative estimate of drug-likeness (QED) is 0.266. The van der Waals surface area contributed by atoms with Crippen molar-refractivity contribution >= 4 is 27.8 Å². The lowest BCUT2D eigenvalue weighted by atomic mass is 9.99. The third kappa shape index (κ3) is 3.66. The van der Waals surface area contributed by atoms with Crippen molar-refractivity contribution in [1.82, 2.24) is 5.48 Å². The molecule has 0 unspecified atom stereocenters. The van der Waals surface area contributed by atoms with Gasteiger partial charge >= 0.3 is 5.97 Å². The second-order valence-electron chi connectivity index (χ2n) is 4.93. The maximum Gasteiger partial charge on any atom is 0.335 e. The molecule has 0 aromatic heterocycles. The van der Waals surface area contributed by atoms with Crippen LogP contribution in [-0.2, 0) is 9.53 Å². The Labute approximate surface area is 143 Å². The summed E-state index contributed by atoms with van der Waals surface area (Å²) < 4.78 is 10.7. The number of hydroxylamine groups is 1. The van der Waals surface area contributed by atoms with Gasteiger partial charge in [-0.1, -0.05) is 15.9 Å². The van der Waals surface area contributed by atoms with Crippen molar-refractivity contribution in [3.8, 4) is 5.75 Å². The third-order valence-electron chi connectivity index (χ3n) is 3.34. The first-order chi connectivity index (χ1) is 11.3. The third-order valence-corrected chi connectivity index (χ3v) is 3.84. The van der Waals surface area contributed by atoms with Crippen LogP contribution in [0.15, 0.2) is 22.7 Å². The van der Waals surface area contributed by atoms with Crippen LogP contribution in [0.25, 0.3) is 0 Å². The van der Waals surface area contributed by atoms with Crippen LogP contribution < -0.4 is 10.2 Å². The van der Waals surface area contributed by atoms with Crippen molar-refractivity contribution in [3.05, 3.63) is 28.2 Å². The lowest BCUT2D eigenvalue weighted by molar-refractivity contribution is -0.271. The molecule has 1 aromatic carbocycles. The van der Waals surface area contributed by atoms with E-state index >= 15 is 0 Å². The number of carbonyl (C=O) groups is 2. The van der Waals surface area contributed by atoms with Crippen LogP contribution in [0.5, 0.6) is 5.75 Å². The number of amides is 1. The number of hydrogen-bond donors (Lipinski definition) is 6. The van der Waals surface area contributed by atoms with Gasteiger partial charge in [0.25, 0.3) is 5.91 Å². The number of aliphatic hydroxyl groups is 3. The minimum absolute atomic E-state index is 0.143. The molecule has 2 rings (SSSR count). The van der Waals surface area contributed by atoms with Crippen LogP contribution in [0.3, 0.4) is 0 Å². The lowest BCUT2D eigenvalue weighted by Gasteiger charge is -2.38. The van der Waals surface area contributed by atoms with Gasteiger partial charge in [-0.15, -0.1) is 0 Å². The first kappa shape index (κ1) is 18.6. The Hall–Kier alpha value is -1.76. The normalized spacial score (nSPS) is 29.8. The summed E-state index contributed by atoms with van der Waals surface area (Å²) in [5, 5.41) is 47.0. The molecule has 1 aliphatic rings. The highest BCUT2D eigenvalue weighted by Gasteiger charge is 2.48. The van der Waals surface area contributed by atoms with E-state index in [1.54, 1.807) is 0 Å². The minimum Gasteiger partial charge on any atom is -0.479 e. The molecule has 0 bridgehead atoms. The highest BCUT2D eigenvalue weighted by atomic mass is 79.9. The number of halogens is 1. The molecule has 132 valence electrons. The molecule has 1 heterocycles. The largest absolute Gasteiger partial charge is 0.479 e. The fourth-order valence-corrected chi connectivity index (χ4v) is 2.48. The Morgan fingerprint density at radius 3 is 2.42 bits per heavy atom. The molecule has 0 aliphatic carbocycles. The fourth-order valence-electron chi connectivity index (χ4n) is 2.12. The number of carboxylic acids is 1. The average molecular weight is 408 g/mol. The van der Waals surface area contributed by atoms with Crippen LogP contribution >= 0.6 is 15.9 Å². The van der Waals surface area contributed by atoms with Gasteiger partial charge in [0.1, 0.15) is 24.1 Å². The standard InChI is InChI=1S/C13H14BrNO9/c14-4-1-2-6(5(3-4)11(19)15-22)23-13-9(18)7(16)8(17)10(24-13)12(20)21/h1-3,7-10,13,16-18,22H,(H,15,19)(H,20,21)/t7-,8-,9+,10-,13+/m0/s1. The monoisotopic (exact) mass is 407 g/mol. The zero-order chi connectivity index (χ0) is 18.0. The molecule has 10 nitrogen and oxygen atoms in total. The first-order valence-electron chi connectivity index (χ1n) is 6.59. The van der Waals surface area contributed by atoms with Gasteiger partial charge in [-0.3, -0.25) is 10.0 Å². The topological polar surface area (TPSA) is 166 Å². The van der Waals surface area contributed by atoms with Crippen LogP contribution in [0.2, 0.25) is 0 Å². The highest BCUT2D eigenvalue weighted by Crippen LogP contribution is 2.28. The summed E-state index contributed by atoms with van der Waals surface area (Å²) in [7, 11) is 0. The Balaban J connectivity index is 2.29. The Morgan fingerprint density at radius 1 is 1.17 bits per heavy atom. The van der Waals surface area contributed by atoms with Crippen LogP contribution in [0, 0.1) is 0 Å². The Morgan fingerprint density at radius 2 is 1.83 bits per heavy atom. The molecule has 11 heteroatoms. The average Bonchev–Trinajstić information content (AvgIpc) is 2.55. The van der Waals surface area contributed by atoms with Crippen molar-refractivity contribution < 1.29 is 44.7 Å². The van der Waals surface area contributed by atoms with Crippen molar-refractivity contribution in [1.29, 1.82) is 0 Å². The summed E-state index contributed by atoms with van der Waals surface area (Å²) in [4.78, 5) is 22.7. The summed E-state index contributed by atoms with van der Waals surface area (Å²) in [6, 6.07) is 4.09. The molecule has 6 N–H and O–H groups in total. The van der Waals surface area contributed by atoms with Crippen molar-refractivity contribution in [2.45, 2.75) is 30.7 Å². The van der Waals surface area contributed by atoms with E-state index in [9.17, 15) is 24.9 Å². The van der Waals surface area contributed by atoms with E-state index in [2.05, 4.69) is 15.9 Å². The summed E-state index contributed by atoms with van der Waals surface area (Å²) in [6.45, 7) is 0. The van der Waals surface area contributed by atoms with E-state index in [0.29, 0.717) is 4.47 Å². The SMILES string of the molecule is O=C(NO)c1cc(Br)ccc1O[C@@H]1O[C@H](C(=O)O)[C@@H](O)[C@H](O)[C@H]1O. The number of carbonyl (C=O) groups excluding carboxylic acids is 1. The molecule has 1 fully saturated rings. The van der Waals surface area contributed by atoms with E-state index in [0.717, 1.165) is 0 Å². The molecule has 24 heavy (non-hydrogen) atoms. The van der Waals surface area contributed by atoms with Gasteiger partial charge in [-0.25, -0.2) is 10.3 Å². The van der Waals surface area contributed by atoms with Gasteiger partial charge in [0.2, 0.25) is 6.29 Å². The molecule has 5 atom stereocenters. The second-order valence-corrected chi connectivity index (χ2v) is 5.85. The molecule has 1 amide bonds. The van der Waals surface area contributed by atoms with E-state index in [4.69, 9.17) is 19.8 Å². The lowest BCUT2D eigenvalue weighted by Crippen LogP contribution is -2.61. The zero-order valence-electron chi connectivity index (χ0n) is 11.9. The predicted molar refractivity (Wildman–Crippen MR) is 78.3 cm³/mol. The Bertz CT molecular complexity index is 640. The maximum absolute atomic E-state index is 11.6. The molecule has 1 aromatic rings. The molecule has 1 aliphatic heterocycles. The minimum atomic E-state index is -1.86. The molecule has 1 saturated heterocycles. The molecule has 0 saturated carbocycles. The Kier molecular flexibility index (Phi) is 5.74. The second kappa shape index (κ2) is 7.42. The summed E-state index contributed by atoms with van der Waals surface area (Å²) >= 11 is 3.13. The summed E-state index contributed by atoms with van der Waals surface area (Å²) in [5.41, 5.74) is 1.27. The van der Waals surface area contributed by atoms with Gasteiger partial charge in [0, 0.05) is 4.47 Å². The van der Waals surface area contributed by atoms with Gasteiger partial charge in [0.05, 0.1) is 5.56 Å². The van der Waals surface area contributed by atoms with Gasteiger partial charge in [0.15, 0.2) is 6.10 Å². The number of hydrogen-bond acceptors (Lipinski definition) is 8. The summed E-state index contributed by atoms with van der Waals surface area (Å²) in [5.74, 6) is -2.64. The number of carboxylic acid groups (broad SMARTS) is 1. The predicted octanol–water partition coefficient (Wildman–Crippen LogP) is -1.16. The number of benzene rings is 1. The number of rotatable bonds is 4. The van der Waals surface area contributed by atoms with E-state index in [-0.39, 0.29) is 11.3 Å². The molecular weight excluding hydrogens is 394 g/mol. The van der Waals surface area contributed by atoms with Gasteiger partial charge in [-0.05, 0) is 18.2 Å². The smallest absolute Gasteiger partial charge is 0.335 e. The first-order valence-corrected chi connectivity index (χ1v) is 7.38. The van der Waals surface area contributed by atoms with E-state index in [1.807, 2.05) is 0 Å². The number of aliphatic hydroxyl groups excluding tert-OH is 3. The molecule has 0 spiro atoms. The van der Waals surface area contributed by atoms with Crippen LogP contribution in [0.4, 0.5) is 0 Å². The molecular formula is C13H14BrNO9. The fraction of sp³-hybridized carbons (Fsp3) is 0.385. The number of ether oxygens (including phenoxy) is 2.